The summed E-state index contributed by atoms with van der Waals surface area (Å²) in [7, 11) is 0. The van der Waals surface area contributed by atoms with Gasteiger partial charge in [-0.05, 0) is 28.8 Å². The van der Waals surface area contributed by atoms with Crippen molar-refractivity contribution in [3.63, 3.8) is 0 Å². The molecule has 0 aliphatic heterocycles. The first-order valence-corrected chi connectivity index (χ1v) is 5.34. The van der Waals surface area contributed by atoms with Gasteiger partial charge in [0.25, 0.3) is 0 Å². The molecule has 0 aliphatic rings. The number of rotatable bonds is 3. The van der Waals surface area contributed by atoms with Gasteiger partial charge in [-0.3, -0.25) is 9.53 Å². The van der Waals surface area contributed by atoms with Crippen LogP contribution in [0.4, 0.5) is 0 Å². The molecule has 84 valence electrons. The summed E-state index contributed by atoms with van der Waals surface area (Å²) < 4.78 is 21.1. The van der Waals surface area contributed by atoms with Crippen LogP contribution >= 0.6 is 0 Å². The molecule has 1 aromatic rings. The average molecular weight is 237 g/mol. The predicted molar refractivity (Wildman–Crippen MR) is 57.7 cm³/mol. The zero-order valence-electron chi connectivity index (χ0n) is 8.21. The monoisotopic (exact) mass is 237 g/mol. The number of guanidine groups is 1. The molecule has 0 aliphatic carbocycles. The van der Waals surface area contributed by atoms with E-state index < -0.39 is 11.1 Å². The zero-order valence-corrected chi connectivity index (χ0v) is 9.03. The topological polar surface area (TPSA) is 114 Å². The van der Waals surface area contributed by atoms with E-state index in [1.54, 1.807) is 18.3 Å². The lowest BCUT2D eigenvalue weighted by atomic mass is 10.2. The van der Waals surface area contributed by atoms with Crippen molar-refractivity contribution in [2.75, 3.05) is 0 Å². The van der Waals surface area contributed by atoms with Crippen molar-refractivity contribution in [3.8, 4) is 6.19 Å². The number of hydrogen-bond acceptors (Lipinski definition) is 4. The molecular formula is C9H9N4O2S-. The van der Waals surface area contributed by atoms with Crippen LogP contribution in [0.5, 0.6) is 0 Å². The van der Waals surface area contributed by atoms with E-state index in [2.05, 4.69) is 10.3 Å². The molecule has 1 rings (SSSR count). The fourth-order valence-electron chi connectivity index (χ4n) is 0.979. The largest absolute Gasteiger partial charge is 0.768 e. The van der Waals surface area contributed by atoms with Crippen molar-refractivity contribution < 1.29 is 8.76 Å². The Bertz CT molecular complexity index is 450. The van der Waals surface area contributed by atoms with Gasteiger partial charge in [0.05, 0.1) is 6.54 Å². The molecule has 0 radical (unpaired) electrons. The first-order chi connectivity index (χ1) is 7.63. The van der Waals surface area contributed by atoms with E-state index in [1.165, 1.54) is 12.1 Å². The van der Waals surface area contributed by atoms with E-state index in [1.807, 2.05) is 0 Å². The molecule has 0 saturated heterocycles. The van der Waals surface area contributed by atoms with Crippen molar-refractivity contribution in [3.05, 3.63) is 29.8 Å². The molecule has 6 nitrogen and oxygen atoms in total. The summed E-state index contributed by atoms with van der Waals surface area (Å²) in [5.41, 5.74) is 6.13. The van der Waals surface area contributed by atoms with Gasteiger partial charge in [-0.2, -0.15) is 5.26 Å². The standard InChI is InChI=1S/C9H10N4O2S/c10-6-13-9(11)12-5-7-1-3-8(4-2-7)16(14)15/h1-4H,5H2,(H,14,15)(H3,11,12,13)/p-1. The van der Waals surface area contributed by atoms with Gasteiger partial charge in [0, 0.05) is 4.90 Å². The summed E-state index contributed by atoms with van der Waals surface area (Å²) in [5, 5.41) is 10.4. The van der Waals surface area contributed by atoms with E-state index in [9.17, 15) is 8.76 Å². The van der Waals surface area contributed by atoms with Crippen molar-refractivity contribution >= 4 is 17.0 Å². The minimum absolute atomic E-state index is 0.0268. The van der Waals surface area contributed by atoms with Gasteiger partial charge < -0.3 is 10.3 Å². The third-order valence-electron chi connectivity index (χ3n) is 1.73. The molecule has 3 N–H and O–H groups in total. The highest BCUT2D eigenvalue weighted by molar-refractivity contribution is 7.79. The van der Waals surface area contributed by atoms with E-state index in [-0.39, 0.29) is 17.4 Å². The van der Waals surface area contributed by atoms with E-state index in [0.717, 1.165) is 5.56 Å². The fourth-order valence-corrected chi connectivity index (χ4v) is 1.34. The Labute approximate surface area is 95.1 Å². The van der Waals surface area contributed by atoms with E-state index in [4.69, 9.17) is 11.0 Å². The van der Waals surface area contributed by atoms with Gasteiger partial charge in [0.1, 0.15) is 0 Å². The summed E-state index contributed by atoms with van der Waals surface area (Å²) in [4.78, 5) is 4.08. The van der Waals surface area contributed by atoms with Crippen LogP contribution < -0.4 is 11.1 Å². The molecule has 0 bridgehead atoms. The lowest BCUT2D eigenvalue weighted by Crippen LogP contribution is -2.27. The third kappa shape index (κ3) is 3.68. The SMILES string of the molecule is N#CNC(N)=NCc1ccc(S(=O)[O-])cc1. The summed E-state index contributed by atoms with van der Waals surface area (Å²) >= 11 is -2.22. The van der Waals surface area contributed by atoms with Crippen LogP contribution in [0, 0.1) is 11.5 Å². The molecule has 1 unspecified atom stereocenters. The highest BCUT2D eigenvalue weighted by Gasteiger charge is 1.95. The Morgan fingerprint density at radius 3 is 2.69 bits per heavy atom. The van der Waals surface area contributed by atoms with Crippen molar-refractivity contribution in [2.24, 2.45) is 10.7 Å². The Balaban J connectivity index is 2.66. The maximum atomic E-state index is 10.6. The van der Waals surface area contributed by atoms with Gasteiger partial charge >= 0.3 is 0 Å². The lowest BCUT2D eigenvalue weighted by Gasteiger charge is -2.05. The molecule has 0 spiro atoms. The van der Waals surface area contributed by atoms with Crippen LogP contribution in [-0.2, 0) is 17.6 Å². The number of nitrogens with one attached hydrogen (secondary N) is 1. The smallest absolute Gasteiger partial charge is 0.202 e. The second kappa shape index (κ2) is 5.85. The van der Waals surface area contributed by atoms with Gasteiger partial charge in [0.15, 0.2) is 6.19 Å². The molecule has 16 heavy (non-hydrogen) atoms. The molecule has 0 fully saturated rings. The third-order valence-corrected chi connectivity index (χ3v) is 2.39. The number of nitriles is 1. The second-order valence-corrected chi connectivity index (χ2v) is 3.76. The number of nitrogens with two attached hydrogens (primary N) is 1. The highest BCUT2D eigenvalue weighted by atomic mass is 32.2. The maximum Gasteiger partial charge on any atom is 0.202 e. The highest BCUT2D eigenvalue weighted by Crippen LogP contribution is 2.08. The Hall–Kier alpha value is -1.91. The van der Waals surface area contributed by atoms with Crippen LogP contribution in [0.1, 0.15) is 5.56 Å². The van der Waals surface area contributed by atoms with E-state index >= 15 is 0 Å². The number of benzene rings is 1. The van der Waals surface area contributed by atoms with Gasteiger partial charge in [-0.15, -0.1) is 0 Å². The molecule has 0 amide bonds. The Kier molecular flexibility index (Phi) is 4.44. The van der Waals surface area contributed by atoms with E-state index in [0.29, 0.717) is 0 Å². The average Bonchev–Trinajstić information content (AvgIpc) is 2.27. The minimum Gasteiger partial charge on any atom is -0.768 e. The zero-order chi connectivity index (χ0) is 12.0. The summed E-state index contributed by atoms with van der Waals surface area (Å²) in [6, 6.07) is 6.21. The second-order valence-electron chi connectivity index (χ2n) is 2.82. The number of aliphatic imine (C=N–C) groups is 1. The van der Waals surface area contributed by atoms with Crippen LogP contribution in [-0.4, -0.2) is 14.7 Å². The molecule has 0 saturated carbocycles. The Morgan fingerprint density at radius 2 is 2.19 bits per heavy atom. The quantitative estimate of drug-likeness (QED) is 0.248. The number of nitrogens with zero attached hydrogens (tertiary/aromatic N) is 2. The minimum atomic E-state index is -2.22. The normalized spacial score (nSPS) is 12.9. The summed E-state index contributed by atoms with van der Waals surface area (Å²) in [6.45, 7) is 0.284. The van der Waals surface area contributed by atoms with Crippen molar-refractivity contribution in [1.29, 1.82) is 5.26 Å². The van der Waals surface area contributed by atoms with Crippen molar-refractivity contribution in [1.82, 2.24) is 5.32 Å². The lowest BCUT2D eigenvalue weighted by molar-refractivity contribution is 0.537. The number of hydrogen-bond donors (Lipinski definition) is 2. The first-order valence-electron chi connectivity index (χ1n) is 4.26. The van der Waals surface area contributed by atoms with Gasteiger partial charge in [-0.1, -0.05) is 12.1 Å². The predicted octanol–water partition coefficient (Wildman–Crippen LogP) is -0.190. The Morgan fingerprint density at radius 1 is 1.56 bits per heavy atom. The van der Waals surface area contributed by atoms with Crippen molar-refractivity contribution in [2.45, 2.75) is 11.4 Å². The molecule has 0 aromatic heterocycles. The summed E-state index contributed by atoms with van der Waals surface area (Å²) in [5.74, 6) is 0.0268. The molecule has 7 heteroatoms. The summed E-state index contributed by atoms with van der Waals surface area (Å²) in [6.07, 6.45) is 1.64. The van der Waals surface area contributed by atoms with Gasteiger partial charge in [-0.25, -0.2) is 4.99 Å². The molecule has 1 aromatic carbocycles. The molecule has 1 atom stereocenters. The fraction of sp³-hybridized carbons (Fsp3) is 0.111. The maximum absolute atomic E-state index is 10.6. The molecular weight excluding hydrogens is 228 g/mol. The van der Waals surface area contributed by atoms with Crippen LogP contribution in [0.15, 0.2) is 34.2 Å². The van der Waals surface area contributed by atoms with Gasteiger partial charge in [0.2, 0.25) is 5.96 Å². The van der Waals surface area contributed by atoms with Crippen LogP contribution in [0.25, 0.3) is 0 Å². The van der Waals surface area contributed by atoms with Crippen LogP contribution in [0.2, 0.25) is 0 Å². The first kappa shape index (κ1) is 12.2. The molecule has 0 heterocycles. The van der Waals surface area contributed by atoms with Crippen LogP contribution in [0.3, 0.4) is 0 Å².